The molecule has 0 atom stereocenters. The molecule has 1 aromatic carbocycles. The number of carboxylic acid groups (broad SMARTS) is 1. The van der Waals surface area contributed by atoms with Crippen LogP contribution < -0.4 is 0 Å². The van der Waals surface area contributed by atoms with Gasteiger partial charge in [-0.05, 0) is 16.8 Å². The van der Waals surface area contributed by atoms with Crippen LogP contribution in [0.15, 0.2) is 23.3 Å². The molecule has 1 aliphatic heterocycles. The van der Waals surface area contributed by atoms with Crippen molar-refractivity contribution < 1.29 is 9.90 Å². The maximum Gasteiger partial charge on any atom is 0.352 e. The Morgan fingerprint density at radius 3 is 3.13 bits per heavy atom. The minimum Gasteiger partial charge on any atom is -0.477 e. The Labute approximate surface area is 83.8 Å². The average Bonchev–Trinajstić information content (AvgIpc) is 2.64. The Kier molecular flexibility index (Phi) is 1.42. The van der Waals surface area contributed by atoms with Crippen LogP contribution in [0.5, 0.6) is 0 Å². The highest BCUT2D eigenvalue weighted by molar-refractivity contribution is 6.36. The Hall–Kier alpha value is -2.24. The number of hydrogen-bond donors (Lipinski definition) is 1. The summed E-state index contributed by atoms with van der Waals surface area (Å²) < 4.78 is 0. The van der Waals surface area contributed by atoms with Crippen molar-refractivity contribution in [3.8, 4) is 0 Å². The van der Waals surface area contributed by atoms with Gasteiger partial charge in [0.1, 0.15) is 11.0 Å². The summed E-state index contributed by atoms with van der Waals surface area (Å²) in [6, 6.07) is 5.52. The van der Waals surface area contributed by atoms with Gasteiger partial charge in [-0.1, -0.05) is 12.1 Å². The molecule has 0 fully saturated rings. The maximum absolute atomic E-state index is 10.8. The number of aliphatic carboxylic acids is 1. The second-order valence-corrected chi connectivity index (χ2v) is 3.29. The molecule has 0 radical (unpaired) electrons. The van der Waals surface area contributed by atoms with Crippen molar-refractivity contribution in [2.75, 3.05) is 0 Å². The lowest BCUT2D eigenvalue weighted by atomic mass is 10.1. The number of carboxylic acids is 1. The zero-order valence-corrected chi connectivity index (χ0v) is 7.58. The van der Waals surface area contributed by atoms with Crippen molar-refractivity contribution in [3.05, 3.63) is 23.8 Å². The van der Waals surface area contributed by atoms with Gasteiger partial charge >= 0.3 is 5.97 Å². The smallest absolute Gasteiger partial charge is 0.352 e. The van der Waals surface area contributed by atoms with Gasteiger partial charge in [-0.3, -0.25) is 0 Å². The standard InChI is InChI=1S/C9H6N4O2/c14-9(15)7-4-5-2-1-3-6-8(5)13(11-7)12-10-6/h1-3H,4H2,(H,14,15). The van der Waals surface area contributed by atoms with E-state index >= 15 is 0 Å². The van der Waals surface area contributed by atoms with E-state index in [2.05, 4.69) is 15.4 Å². The molecule has 0 saturated heterocycles. The predicted molar refractivity (Wildman–Crippen MR) is 51.7 cm³/mol. The van der Waals surface area contributed by atoms with E-state index in [1.807, 2.05) is 18.2 Å². The van der Waals surface area contributed by atoms with Crippen LogP contribution in [-0.4, -0.2) is 31.9 Å². The van der Waals surface area contributed by atoms with E-state index in [9.17, 15) is 4.79 Å². The molecule has 6 heteroatoms. The molecule has 1 N–H and O–H groups in total. The van der Waals surface area contributed by atoms with Gasteiger partial charge in [0, 0.05) is 6.42 Å². The summed E-state index contributed by atoms with van der Waals surface area (Å²) in [6.45, 7) is 0. The van der Waals surface area contributed by atoms with E-state index in [-0.39, 0.29) is 5.71 Å². The first-order chi connectivity index (χ1) is 7.25. The van der Waals surface area contributed by atoms with E-state index in [4.69, 9.17) is 5.11 Å². The first-order valence-corrected chi connectivity index (χ1v) is 4.40. The molecule has 1 aliphatic rings. The minimum absolute atomic E-state index is 0.0838. The van der Waals surface area contributed by atoms with Gasteiger partial charge in [0.2, 0.25) is 0 Å². The van der Waals surface area contributed by atoms with Crippen molar-refractivity contribution in [3.63, 3.8) is 0 Å². The molecule has 1 aromatic heterocycles. The molecule has 0 aliphatic carbocycles. The molecule has 6 nitrogen and oxygen atoms in total. The second-order valence-electron chi connectivity index (χ2n) is 3.29. The van der Waals surface area contributed by atoms with Gasteiger partial charge in [-0.25, -0.2) is 4.79 Å². The third-order valence-corrected chi connectivity index (χ3v) is 2.36. The maximum atomic E-state index is 10.8. The van der Waals surface area contributed by atoms with Crippen LogP contribution >= 0.6 is 0 Å². The fraction of sp³-hybridized carbons (Fsp3) is 0.111. The highest BCUT2D eigenvalue weighted by atomic mass is 16.4. The van der Waals surface area contributed by atoms with Gasteiger partial charge in [0.15, 0.2) is 5.71 Å². The van der Waals surface area contributed by atoms with Crippen molar-refractivity contribution >= 4 is 22.7 Å². The lowest BCUT2D eigenvalue weighted by Gasteiger charge is -2.09. The Morgan fingerprint density at radius 2 is 2.33 bits per heavy atom. The van der Waals surface area contributed by atoms with Crippen LogP contribution in [-0.2, 0) is 11.2 Å². The Morgan fingerprint density at radius 1 is 1.47 bits per heavy atom. The summed E-state index contributed by atoms with van der Waals surface area (Å²) >= 11 is 0. The number of nitrogens with zero attached hydrogens (tertiary/aromatic N) is 4. The zero-order valence-electron chi connectivity index (χ0n) is 7.58. The van der Waals surface area contributed by atoms with Crippen molar-refractivity contribution in [1.29, 1.82) is 0 Å². The van der Waals surface area contributed by atoms with E-state index in [1.54, 1.807) is 0 Å². The quantitative estimate of drug-likeness (QED) is 0.720. The normalized spacial score (nSPS) is 14.0. The van der Waals surface area contributed by atoms with Gasteiger partial charge in [-0.15, -0.1) is 15.0 Å². The average molecular weight is 202 g/mol. The molecule has 0 unspecified atom stereocenters. The molecular formula is C9H6N4O2. The summed E-state index contributed by atoms with van der Waals surface area (Å²) in [5.41, 5.74) is 2.51. The third-order valence-electron chi connectivity index (χ3n) is 2.36. The van der Waals surface area contributed by atoms with Crippen LogP contribution in [0.25, 0.3) is 11.0 Å². The number of carbonyl (C=O) groups is 1. The van der Waals surface area contributed by atoms with Gasteiger partial charge in [0.25, 0.3) is 0 Å². The van der Waals surface area contributed by atoms with Crippen LogP contribution in [0.4, 0.5) is 0 Å². The number of hydrogen-bond acceptors (Lipinski definition) is 4. The molecule has 2 aromatic rings. The van der Waals surface area contributed by atoms with Gasteiger partial charge in [0.05, 0.1) is 0 Å². The Bertz CT molecular complexity index is 599. The van der Waals surface area contributed by atoms with Crippen LogP contribution in [0, 0.1) is 0 Å². The lowest BCUT2D eigenvalue weighted by molar-refractivity contribution is -0.129. The van der Waals surface area contributed by atoms with Gasteiger partial charge < -0.3 is 5.11 Å². The molecule has 0 amide bonds. The van der Waals surface area contributed by atoms with Crippen molar-refractivity contribution in [2.45, 2.75) is 6.42 Å². The SMILES string of the molecule is O=C(O)C1=Nn2nnc3cccc(c32)C1. The molecule has 3 rings (SSSR count). The summed E-state index contributed by atoms with van der Waals surface area (Å²) in [7, 11) is 0. The van der Waals surface area contributed by atoms with Crippen LogP contribution in [0.1, 0.15) is 5.56 Å². The fourth-order valence-electron chi connectivity index (χ4n) is 1.69. The summed E-state index contributed by atoms with van der Waals surface area (Å²) in [5, 5.41) is 20.4. The summed E-state index contributed by atoms with van der Waals surface area (Å²) in [5.74, 6) is -1.02. The Balaban J connectivity index is 2.33. The number of benzene rings is 1. The van der Waals surface area contributed by atoms with E-state index in [0.717, 1.165) is 16.6 Å². The number of rotatable bonds is 1. The zero-order chi connectivity index (χ0) is 10.4. The molecule has 0 saturated carbocycles. The first-order valence-electron chi connectivity index (χ1n) is 4.40. The summed E-state index contributed by atoms with van der Waals surface area (Å²) in [4.78, 5) is 12.1. The van der Waals surface area contributed by atoms with Crippen molar-refractivity contribution in [2.24, 2.45) is 5.10 Å². The van der Waals surface area contributed by atoms with Crippen molar-refractivity contribution in [1.82, 2.24) is 15.1 Å². The molecule has 0 bridgehead atoms. The van der Waals surface area contributed by atoms with Gasteiger partial charge in [-0.2, -0.15) is 0 Å². The molecule has 0 spiro atoms. The molecular weight excluding hydrogens is 196 g/mol. The molecule has 15 heavy (non-hydrogen) atoms. The summed E-state index contributed by atoms with van der Waals surface area (Å²) in [6.07, 6.45) is 0.319. The van der Waals surface area contributed by atoms with E-state index in [1.165, 1.54) is 4.79 Å². The monoisotopic (exact) mass is 202 g/mol. The minimum atomic E-state index is -1.02. The molecule has 74 valence electrons. The molecule has 2 heterocycles. The van der Waals surface area contributed by atoms with Crippen LogP contribution in [0.2, 0.25) is 0 Å². The predicted octanol–water partition coefficient (Wildman–Crippen LogP) is 0.276. The largest absolute Gasteiger partial charge is 0.477 e. The highest BCUT2D eigenvalue weighted by Crippen LogP contribution is 2.20. The number of para-hydroxylation sites is 1. The van der Waals surface area contributed by atoms with E-state index < -0.39 is 5.97 Å². The second kappa shape index (κ2) is 2.63. The fourth-order valence-corrected chi connectivity index (χ4v) is 1.69. The van der Waals surface area contributed by atoms with E-state index in [0.29, 0.717) is 6.42 Å². The first kappa shape index (κ1) is 8.10. The topological polar surface area (TPSA) is 80.4 Å². The van der Waals surface area contributed by atoms with Crippen LogP contribution in [0.3, 0.4) is 0 Å². The number of aromatic nitrogens is 3. The third kappa shape index (κ3) is 1.04. The lowest BCUT2D eigenvalue weighted by Crippen LogP contribution is -2.21. The highest BCUT2D eigenvalue weighted by Gasteiger charge is 2.20.